The Morgan fingerprint density at radius 2 is 1.66 bits per heavy atom. The van der Waals surface area contributed by atoms with Crippen LogP contribution in [0.3, 0.4) is 0 Å². The zero-order chi connectivity index (χ0) is 24.4. The first-order chi connectivity index (χ1) is 16.8. The Labute approximate surface area is 204 Å². The van der Waals surface area contributed by atoms with E-state index in [1.54, 1.807) is 0 Å². The van der Waals surface area contributed by atoms with E-state index in [1.807, 2.05) is 31.2 Å². The van der Waals surface area contributed by atoms with Crippen LogP contribution in [0.1, 0.15) is 56.1 Å². The third-order valence-corrected chi connectivity index (χ3v) is 8.36. The molecule has 0 spiro atoms. The quantitative estimate of drug-likeness (QED) is 0.628. The van der Waals surface area contributed by atoms with E-state index in [-0.39, 0.29) is 23.8 Å². The van der Waals surface area contributed by atoms with Crippen molar-refractivity contribution < 1.29 is 24.2 Å². The highest BCUT2D eigenvalue weighted by atomic mass is 16.5. The summed E-state index contributed by atoms with van der Waals surface area (Å²) in [4.78, 5) is 40.0. The molecule has 2 saturated carbocycles. The van der Waals surface area contributed by atoms with Gasteiger partial charge in [-0.05, 0) is 52.8 Å². The van der Waals surface area contributed by atoms with E-state index >= 15 is 0 Å². The Kier molecular flexibility index (Phi) is 4.95. The molecule has 7 rings (SSSR count). The van der Waals surface area contributed by atoms with Gasteiger partial charge in [-0.1, -0.05) is 68.3 Å². The van der Waals surface area contributed by atoms with E-state index in [0.29, 0.717) is 31.7 Å². The molecule has 2 aromatic carbocycles. The zero-order valence-corrected chi connectivity index (χ0v) is 19.8. The number of ether oxygens (including phenoxy) is 1. The molecule has 35 heavy (non-hydrogen) atoms. The van der Waals surface area contributed by atoms with E-state index in [2.05, 4.69) is 29.6 Å². The normalized spacial score (nSPS) is 26.9. The van der Waals surface area contributed by atoms with E-state index in [4.69, 9.17) is 4.74 Å². The van der Waals surface area contributed by atoms with Gasteiger partial charge < -0.3 is 20.1 Å². The Hall–Kier alpha value is -3.35. The van der Waals surface area contributed by atoms with Crippen LogP contribution < -0.4 is 5.32 Å². The zero-order valence-electron chi connectivity index (χ0n) is 19.8. The standard InChI is InChI=1S/C28H30N2O5/c1-27-14-28(15-27,25(32)33)30(16-27)24(31)23(12-17-10-11-17)29-26(34)35-13-22-20-8-4-2-6-18(20)19-7-3-5-9-21(19)22/h2-9,17,22-23H,10-16H2,1H3,(H,29,34)(H,32,33)/t23-,27?,28?/m0/s1. The monoisotopic (exact) mass is 474 g/mol. The van der Waals surface area contributed by atoms with Gasteiger partial charge >= 0.3 is 12.1 Å². The molecule has 1 atom stereocenters. The van der Waals surface area contributed by atoms with Gasteiger partial charge in [0.25, 0.3) is 0 Å². The fourth-order valence-electron chi connectivity index (χ4n) is 6.63. The predicted octanol–water partition coefficient (Wildman–Crippen LogP) is 4.16. The lowest BCUT2D eigenvalue weighted by molar-refractivity contribution is -0.160. The van der Waals surface area contributed by atoms with E-state index in [0.717, 1.165) is 35.1 Å². The maximum atomic E-state index is 13.5. The number of nitrogens with zero attached hydrogens (tertiary/aromatic N) is 1. The summed E-state index contributed by atoms with van der Waals surface area (Å²) < 4.78 is 5.68. The second-order valence-electron chi connectivity index (χ2n) is 11.1. The molecule has 7 nitrogen and oxygen atoms in total. The number of aliphatic carboxylic acids is 1. The summed E-state index contributed by atoms with van der Waals surface area (Å²) in [5.41, 5.74) is 3.28. The van der Waals surface area contributed by atoms with Gasteiger partial charge in [0.15, 0.2) is 0 Å². The maximum Gasteiger partial charge on any atom is 0.407 e. The van der Waals surface area contributed by atoms with Crippen molar-refractivity contribution in [3.63, 3.8) is 0 Å². The Morgan fingerprint density at radius 3 is 2.23 bits per heavy atom. The number of hydrogen-bond donors (Lipinski definition) is 2. The van der Waals surface area contributed by atoms with Crippen molar-refractivity contribution in [2.24, 2.45) is 11.3 Å². The first-order valence-corrected chi connectivity index (χ1v) is 12.5. The number of amides is 2. The number of rotatable bonds is 7. The van der Waals surface area contributed by atoms with Crippen LogP contribution in [0, 0.1) is 11.3 Å². The summed E-state index contributed by atoms with van der Waals surface area (Å²) in [5.74, 6) is -0.931. The van der Waals surface area contributed by atoms with Gasteiger partial charge in [-0.25, -0.2) is 9.59 Å². The predicted molar refractivity (Wildman–Crippen MR) is 129 cm³/mol. The summed E-state index contributed by atoms with van der Waals surface area (Å²) in [5, 5.41) is 12.7. The maximum absolute atomic E-state index is 13.5. The minimum atomic E-state index is -1.13. The van der Waals surface area contributed by atoms with Gasteiger partial charge in [0.2, 0.25) is 5.91 Å². The van der Waals surface area contributed by atoms with Crippen LogP contribution in [0.5, 0.6) is 0 Å². The molecule has 2 heterocycles. The van der Waals surface area contributed by atoms with E-state index in [9.17, 15) is 19.5 Å². The van der Waals surface area contributed by atoms with Gasteiger partial charge in [-0.3, -0.25) is 4.79 Å². The Bertz CT molecular complexity index is 1170. The summed E-state index contributed by atoms with van der Waals surface area (Å²) in [7, 11) is 0. The van der Waals surface area contributed by atoms with Crippen LogP contribution in [0.2, 0.25) is 0 Å². The first-order valence-electron chi connectivity index (χ1n) is 12.5. The lowest BCUT2D eigenvalue weighted by Crippen LogP contribution is -2.59. The Balaban J connectivity index is 1.16. The smallest absolute Gasteiger partial charge is 0.407 e. The number of carbonyl (C=O) groups is 3. The first kappa shape index (κ1) is 22.1. The van der Waals surface area contributed by atoms with Crippen molar-refractivity contribution >= 4 is 18.0 Å². The number of hydrogen-bond acceptors (Lipinski definition) is 4. The lowest BCUT2D eigenvalue weighted by atomic mass is 9.63. The Morgan fingerprint density at radius 1 is 1.06 bits per heavy atom. The molecule has 2 N–H and O–H groups in total. The molecule has 2 aliphatic heterocycles. The average Bonchev–Trinajstić information content (AvgIpc) is 3.41. The molecule has 4 fully saturated rings. The molecule has 2 aromatic rings. The summed E-state index contributed by atoms with van der Waals surface area (Å²) in [6, 6.07) is 15.5. The molecule has 0 aromatic heterocycles. The van der Waals surface area contributed by atoms with Crippen LogP contribution >= 0.6 is 0 Å². The molecular weight excluding hydrogens is 444 g/mol. The average molecular weight is 475 g/mol. The van der Waals surface area contributed by atoms with Gasteiger partial charge in [0, 0.05) is 12.5 Å². The number of carbonyl (C=O) groups excluding carboxylic acids is 2. The molecule has 182 valence electrons. The van der Waals surface area contributed by atoms with E-state index < -0.39 is 23.6 Å². The second-order valence-corrected chi connectivity index (χ2v) is 11.1. The van der Waals surface area contributed by atoms with Gasteiger partial charge in [0.1, 0.15) is 18.2 Å². The van der Waals surface area contributed by atoms with Crippen molar-refractivity contribution in [1.29, 1.82) is 0 Å². The summed E-state index contributed by atoms with van der Waals surface area (Å²) in [6.45, 7) is 2.62. The highest BCUT2D eigenvalue weighted by Crippen LogP contribution is 2.59. The van der Waals surface area contributed by atoms with Crippen LogP contribution in [0.15, 0.2) is 48.5 Å². The van der Waals surface area contributed by atoms with Crippen LogP contribution in [-0.2, 0) is 14.3 Å². The molecule has 2 saturated heterocycles. The third kappa shape index (κ3) is 3.60. The van der Waals surface area contributed by atoms with Gasteiger partial charge in [-0.15, -0.1) is 0 Å². The molecular formula is C28H30N2O5. The topological polar surface area (TPSA) is 95.9 Å². The fourth-order valence-corrected chi connectivity index (χ4v) is 6.63. The largest absolute Gasteiger partial charge is 0.479 e. The summed E-state index contributed by atoms with van der Waals surface area (Å²) in [6.07, 6.45) is 2.89. The number of alkyl carbamates (subject to hydrolysis) is 1. The summed E-state index contributed by atoms with van der Waals surface area (Å²) >= 11 is 0. The van der Waals surface area contributed by atoms with Crippen molar-refractivity contribution in [2.45, 2.75) is 56.5 Å². The van der Waals surface area contributed by atoms with Crippen LogP contribution in [0.25, 0.3) is 11.1 Å². The number of nitrogens with one attached hydrogen (secondary N) is 1. The number of benzene rings is 2. The number of carboxylic acids is 1. The molecule has 0 unspecified atom stereocenters. The molecule has 2 bridgehead atoms. The van der Waals surface area contributed by atoms with Crippen molar-refractivity contribution in [1.82, 2.24) is 10.2 Å². The fraction of sp³-hybridized carbons (Fsp3) is 0.464. The third-order valence-electron chi connectivity index (χ3n) is 8.36. The molecule has 3 aliphatic carbocycles. The molecule has 0 radical (unpaired) electrons. The van der Waals surface area contributed by atoms with Gasteiger partial charge in [-0.2, -0.15) is 0 Å². The van der Waals surface area contributed by atoms with Gasteiger partial charge in [0.05, 0.1) is 0 Å². The second kappa shape index (κ2) is 7.83. The highest BCUT2D eigenvalue weighted by Gasteiger charge is 2.69. The molecule has 5 aliphatic rings. The van der Waals surface area contributed by atoms with Crippen LogP contribution in [-0.4, -0.2) is 52.7 Å². The molecule has 2 amide bonds. The van der Waals surface area contributed by atoms with Crippen LogP contribution in [0.4, 0.5) is 4.79 Å². The molecule has 7 heteroatoms. The SMILES string of the molecule is CC12CN(C(=O)[C@H](CC3CC3)NC(=O)OCC3c4ccccc4-c4ccccc43)C(C(=O)O)(C1)C2. The number of carboxylic acid groups (broad SMARTS) is 1. The van der Waals surface area contributed by atoms with E-state index in [1.165, 1.54) is 4.90 Å². The lowest BCUT2D eigenvalue weighted by Gasteiger charge is -2.43. The minimum absolute atomic E-state index is 0.0632. The highest BCUT2D eigenvalue weighted by molar-refractivity contribution is 5.93. The van der Waals surface area contributed by atoms with Crippen molar-refractivity contribution in [2.75, 3.05) is 13.2 Å². The number of fused-ring (bicyclic) bond motifs is 4. The van der Waals surface area contributed by atoms with Crippen molar-refractivity contribution in [3.8, 4) is 11.1 Å². The minimum Gasteiger partial charge on any atom is -0.479 e. The van der Waals surface area contributed by atoms with Crippen molar-refractivity contribution in [3.05, 3.63) is 59.7 Å².